The van der Waals surface area contributed by atoms with E-state index in [9.17, 15) is 0 Å². The lowest BCUT2D eigenvalue weighted by molar-refractivity contribution is 0.0786. The number of piperazine rings is 1. The van der Waals surface area contributed by atoms with E-state index in [1.807, 2.05) is 0 Å². The second-order valence-electron chi connectivity index (χ2n) is 6.22. The smallest absolute Gasteiger partial charge is 0.0304 e. The molecule has 0 amide bonds. The standard InChI is InChI=1S/C15H32N2/c1-6-15(7-2)12-17(14(5)11-16-15)10-8-9-13(3)4/h13-14,16H,6-12H2,1-5H3. The minimum absolute atomic E-state index is 0.379. The summed E-state index contributed by atoms with van der Waals surface area (Å²) in [5.74, 6) is 0.843. The van der Waals surface area contributed by atoms with Gasteiger partial charge < -0.3 is 5.32 Å². The zero-order chi connectivity index (χ0) is 12.9. The normalized spacial score (nSPS) is 25.4. The lowest BCUT2D eigenvalue weighted by atomic mass is 9.88. The van der Waals surface area contributed by atoms with Gasteiger partial charge in [0, 0.05) is 24.7 Å². The summed E-state index contributed by atoms with van der Waals surface area (Å²) >= 11 is 0. The van der Waals surface area contributed by atoms with Crippen LogP contribution in [0.15, 0.2) is 0 Å². The van der Waals surface area contributed by atoms with E-state index in [1.165, 1.54) is 38.8 Å². The fourth-order valence-electron chi connectivity index (χ4n) is 2.82. The lowest BCUT2D eigenvalue weighted by Gasteiger charge is -2.46. The third-order valence-electron chi connectivity index (χ3n) is 4.48. The molecule has 1 atom stereocenters. The van der Waals surface area contributed by atoms with E-state index in [2.05, 4.69) is 44.8 Å². The Bertz CT molecular complexity index is 209. The third kappa shape index (κ3) is 4.26. The molecule has 2 heteroatoms. The Labute approximate surface area is 108 Å². The van der Waals surface area contributed by atoms with Crippen molar-refractivity contribution in [1.29, 1.82) is 0 Å². The second kappa shape index (κ2) is 6.75. The average molecular weight is 240 g/mol. The van der Waals surface area contributed by atoms with Gasteiger partial charge in [-0.15, -0.1) is 0 Å². The first-order chi connectivity index (χ1) is 8.03. The van der Waals surface area contributed by atoms with Crippen LogP contribution in [0.4, 0.5) is 0 Å². The quantitative estimate of drug-likeness (QED) is 0.766. The molecule has 1 unspecified atom stereocenters. The van der Waals surface area contributed by atoms with Gasteiger partial charge in [0.25, 0.3) is 0 Å². The van der Waals surface area contributed by atoms with Crippen LogP contribution < -0.4 is 5.32 Å². The first-order valence-corrected chi connectivity index (χ1v) is 7.52. The van der Waals surface area contributed by atoms with E-state index >= 15 is 0 Å². The highest BCUT2D eigenvalue weighted by atomic mass is 15.2. The van der Waals surface area contributed by atoms with Crippen LogP contribution >= 0.6 is 0 Å². The summed E-state index contributed by atoms with van der Waals surface area (Å²) in [7, 11) is 0. The Hall–Kier alpha value is -0.0800. The van der Waals surface area contributed by atoms with Crippen molar-refractivity contribution in [2.75, 3.05) is 19.6 Å². The maximum atomic E-state index is 3.77. The molecular weight excluding hydrogens is 208 g/mol. The van der Waals surface area contributed by atoms with Crippen molar-refractivity contribution < 1.29 is 0 Å². The molecule has 0 radical (unpaired) electrons. The molecule has 1 saturated heterocycles. The third-order valence-corrected chi connectivity index (χ3v) is 4.48. The summed E-state index contributed by atoms with van der Waals surface area (Å²) in [6, 6.07) is 0.702. The summed E-state index contributed by atoms with van der Waals surface area (Å²) in [5.41, 5.74) is 0.379. The topological polar surface area (TPSA) is 15.3 Å². The Kier molecular flexibility index (Phi) is 5.94. The summed E-state index contributed by atoms with van der Waals surface area (Å²) in [4.78, 5) is 2.70. The van der Waals surface area contributed by atoms with E-state index in [-0.39, 0.29) is 0 Å². The number of nitrogens with one attached hydrogen (secondary N) is 1. The van der Waals surface area contributed by atoms with Gasteiger partial charge in [-0.05, 0) is 45.1 Å². The molecule has 2 nitrogen and oxygen atoms in total. The van der Waals surface area contributed by atoms with Gasteiger partial charge in [0.15, 0.2) is 0 Å². The Morgan fingerprint density at radius 2 is 1.94 bits per heavy atom. The van der Waals surface area contributed by atoms with Crippen molar-refractivity contribution in [3.63, 3.8) is 0 Å². The van der Waals surface area contributed by atoms with Crippen LogP contribution in [0.1, 0.15) is 60.3 Å². The van der Waals surface area contributed by atoms with Crippen LogP contribution in [-0.2, 0) is 0 Å². The largest absolute Gasteiger partial charge is 0.308 e. The van der Waals surface area contributed by atoms with Crippen LogP contribution in [-0.4, -0.2) is 36.1 Å². The predicted molar refractivity (Wildman–Crippen MR) is 76.4 cm³/mol. The predicted octanol–water partition coefficient (Wildman–Crippen LogP) is 3.28. The van der Waals surface area contributed by atoms with Crippen molar-refractivity contribution in [1.82, 2.24) is 10.2 Å². The molecule has 1 N–H and O–H groups in total. The van der Waals surface area contributed by atoms with Gasteiger partial charge in [0.1, 0.15) is 0 Å². The molecule has 0 spiro atoms. The summed E-state index contributed by atoms with van der Waals surface area (Å²) in [5, 5.41) is 3.77. The molecule has 1 aliphatic rings. The molecule has 0 aromatic heterocycles. The van der Waals surface area contributed by atoms with E-state index in [0.29, 0.717) is 11.6 Å². The first-order valence-electron chi connectivity index (χ1n) is 7.52. The number of rotatable bonds is 6. The molecule has 1 heterocycles. The Morgan fingerprint density at radius 3 is 2.47 bits per heavy atom. The van der Waals surface area contributed by atoms with Gasteiger partial charge in [-0.3, -0.25) is 4.90 Å². The van der Waals surface area contributed by atoms with Crippen LogP contribution in [0.2, 0.25) is 0 Å². The molecular formula is C15H32N2. The van der Waals surface area contributed by atoms with Crippen LogP contribution in [0.5, 0.6) is 0 Å². The summed E-state index contributed by atoms with van der Waals surface area (Å²) in [6.07, 6.45) is 5.21. The van der Waals surface area contributed by atoms with Gasteiger partial charge in [-0.25, -0.2) is 0 Å². The number of nitrogens with zero attached hydrogens (tertiary/aromatic N) is 1. The fraction of sp³-hybridized carbons (Fsp3) is 1.00. The monoisotopic (exact) mass is 240 g/mol. The molecule has 1 fully saturated rings. The number of hydrogen-bond acceptors (Lipinski definition) is 2. The Balaban J connectivity index is 2.45. The molecule has 0 aromatic rings. The van der Waals surface area contributed by atoms with Crippen molar-refractivity contribution in [3.05, 3.63) is 0 Å². The molecule has 1 rings (SSSR count). The summed E-state index contributed by atoms with van der Waals surface area (Å²) in [6.45, 7) is 15.3. The van der Waals surface area contributed by atoms with Gasteiger partial charge in [-0.2, -0.15) is 0 Å². The zero-order valence-corrected chi connectivity index (χ0v) is 12.6. The van der Waals surface area contributed by atoms with Crippen molar-refractivity contribution in [2.24, 2.45) is 5.92 Å². The average Bonchev–Trinajstić information content (AvgIpc) is 2.32. The minimum Gasteiger partial charge on any atom is -0.308 e. The van der Waals surface area contributed by atoms with Gasteiger partial charge in [0.2, 0.25) is 0 Å². The molecule has 0 saturated carbocycles. The van der Waals surface area contributed by atoms with Gasteiger partial charge >= 0.3 is 0 Å². The molecule has 1 aliphatic heterocycles. The zero-order valence-electron chi connectivity index (χ0n) is 12.6. The van der Waals surface area contributed by atoms with E-state index in [4.69, 9.17) is 0 Å². The van der Waals surface area contributed by atoms with E-state index < -0.39 is 0 Å². The lowest BCUT2D eigenvalue weighted by Crippen LogP contribution is -2.63. The van der Waals surface area contributed by atoms with Crippen LogP contribution in [0, 0.1) is 5.92 Å². The highest BCUT2D eigenvalue weighted by Crippen LogP contribution is 2.23. The maximum absolute atomic E-state index is 3.77. The molecule has 0 bridgehead atoms. The SMILES string of the molecule is CCC1(CC)CN(CCCC(C)C)C(C)CN1. The fourth-order valence-corrected chi connectivity index (χ4v) is 2.82. The molecule has 102 valence electrons. The van der Waals surface area contributed by atoms with Gasteiger partial charge in [-0.1, -0.05) is 27.7 Å². The maximum Gasteiger partial charge on any atom is 0.0304 e. The van der Waals surface area contributed by atoms with Crippen molar-refractivity contribution in [2.45, 2.75) is 71.9 Å². The van der Waals surface area contributed by atoms with Gasteiger partial charge in [0.05, 0.1) is 0 Å². The number of hydrogen-bond donors (Lipinski definition) is 1. The second-order valence-corrected chi connectivity index (χ2v) is 6.22. The molecule has 0 aliphatic carbocycles. The van der Waals surface area contributed by atoms with Crippen molar-refractivity contribution in [3.8, 4) is 0 Å². The van der Waals surface area contributed by atoms with E-state index in [0.717, 1.165) is 12.5 Å². The minimum atomic E-state index is 0.379. The molecule has 0 aromatic carbocycles. The first kappa shape index (κ1) is 15.0. The van der Waals surface area contributed by atoms with Crippen LogP contribution in [0.25, 0.3) is 0 Å². The van der Waals surface area contributed by atoms with Crippen molar-refractivity contribution >= 4 is 0 Å². The highest BCUT2D eigenvalue weighted by molar-refractivity contribution is 4.95. The highest BCUT2D eigenvalue weighted by Gasteiger charge is 2.34. The Morgan fingerprint density at radius 1 is 1.29 bits per heavy atom. The van der Waals surface area contributed by atoms with E-state index in [1.54, 1.807) is 0 Å². The molecule has 17 heavy (non-hydrogen) atoms. The summed E-state index contributed by atoms with van der Waals surface area (Å²) < 4.78 is 0. The van der Waals surface area contributed by atoms with Crippen LogP contribution in [0.3, 0.4) is 0 Å².